The molecule has 202 valence electrons. The molecular weight excluding hydrogens is 690 g/mol. The maximum Gasteiger partial charge on any atom is 0.282 e. The van der Waals surface area contributed by atoms with E-state index in [0.717, 1.165) is 36.5 Å². The average Bonchev–Trinajstić information content (AvgIpc) is 2.92. The number of aromatic nitrogens is 2. The van der Waals surface area contributed by atoms with Crippen LogP contribution in [0.25, 0.3) is 10.9 Å². The summed E-state index contributed by atoms with van der Waals surface area (Å²) in [6.07, 6.45) is 4.86. The molecule has 0 N–H and O–H groups in total. The van der Waals surface area contributed by atoms with E-state index in [1.807, 2.05) is 55.5 Å². The molecule has 39 heavy (non-hydrogen) atoms. The second-order valence-corrected chi connectivity index (χ2v) is 11.7. The van der Waals surface area contributed by atoms with Gasteiger partial charge < -0.3 is 9.47 Å². The lowest BCUT2D eigenvalue weighted by Crippen LogP contribution is -2.23. The Morgan fingerprint density at radius 1 is 1.08 bits per heavy atom. The van der Waals surface area contributed by atoms with Crippen molar-refractivity contribution in [2.75, 3.05) is 7.11 Å². The van der Waals surface area contributed by atoms with Gasteiger partial charge in [0.2, 0.25) is 0 Å². The fourth-order valence-corrected chi connectivity index (χ4v) is 5.60. The molecule has 3 aromatic carbocycles. The molecule has 6 nitrogen and oxygen atoms in total. The molecular formula is C30H28Br3N3O3. The highest BCUT2D eigenvalue weighted by Crippen LogP contribution is 2.35. The number of allylic oxidation sites excluding steroid dienone is 1. The zero-order valence-electron chi connectivity index (χ0n) is 21.9. The van der Waals surface area contributed by atoms with Crippen molar-refractivity contribution in [3.8, 4) is 11.5 Å². The van der Waals surface area contributed by atoms with Gasteiger partial charge in [-0.05, 0) is 60.9 Å². The van der Waals surface area contributed by atoms with Crippen LogP contribution in [0.2, 0.25) is 0 Å². The fourth-order valence-electron chi connectivity index (χ4n) is 4.07. The van der Waals surface area contributed by atoms with Gasteiger partial charge in [0.1, 0.15) is 12.4 Å². The summed E-state index contributed by atoms with van der Waals surface area (Å²) in [7, 11) is 1.60. The van der Waals surface area contributed by atoms with E-state index in [9.17, 15) is 4.79 Å². The van der Waals surface area contributed by atoms with E-state index in [4.69, 9.17) is 14.5 Å². The Kier molecular flexibility index (Phi) is 9.80. The normalized spacial score (nSPS) is 12.2. The van der Waals surface area contributed by atoms with Crippen LogP contribution in [0.15, 0.2) is 84.5 Å². The summed E-state index contributed by atoms with van der Waals surface area (Å²) in [4.78, 5) is 18.3. The van der Waals surface area contributed by atoms with E-state index < -0.39 is 0 Å². The predicted molar refractivity (Wildman–Crippen MR) is 168 cm³/mol. The second kappa shape index (κ2) is 13.1. The van der Waals surface area contributed by atoms with Crippen molar-refractivity contribution in [1.29, 1.82) is 0 Å². The molecule has 0 amide bonds. The molecule has 0 unspecified atom stereocenters. The van der Waals surface area contributed by atoms with Crippen molar-refractivity contribution in [2.45, 2.75) is 39.2 Å². The van der Waals surface area contributed by atoms with Crippen molar-refractivity contribution in [2.24, 2.45) is 5.10 Å². The molecule has 0 fully saturated rings. The first-order valence-electron chi connectivity index (χ1n) is 12.4. The molecule has 0 saturated carbocycles. The molecule has 4 rings (SSSR count). The number of halogens is 3. The van der Waals surface area contributed by atoms with Crippen LogP contribution < -0.4 is 15.0 Å². The van der Waals surface area contributed by atoms with Crippen molar-refractivity contribution in [1.82, 2.24) is 9.66 Å². The largest absolute Gasteiger partial charge is 0.493 e. The van der Waals surface area contributed by atoms with Crippen LogP contribution >= 0.6 is 47.8 Å². The summed E-state index contributed by atoms with van der Waals surface area (Å²) in [6.45, 7) is 8.37. The maximum absolute atomic E-state index is 13.5. The van der Waals surface area contributed by atoms with Crippen LogP contribution in [0.5, 0.6) is 11.5 Å². The quantitative estimate of drug-likeness (QED) is 0.122. The molecule has 1 aromatic heterocycles. The lowest BCUT2D eigenvalue weighted by molar-refractivity contribution is 0.281. The van der Waals surface area contributed by atoms with Crippen LogP contribution in [-0.4, -0.2) is 23.0 Å². The number of hydrogen-bond acceptors (Lipinski definition) is 5. The Morgan fingerprint density at radius 3 is 2.51 bits per heavy atom. The van der Waals surface area contributed by atoms with Crippen LogP contribution in [0, 0.1) is 0 Å². The van der Waals surface area contributed by atoms with Gasteiger partial charge in [0.25, 0.3) is 5.56 Å². The zero-order valence-corrected chi connectivity index (χ0v) is 26.6. The Labute approximate surface area is 253 Å². The lowest BCUT2D eigenvalue weighted by atomic mass is 10.1. The number of benzene rings is 3. The van der Waals surface area contributed by atoms with Crippen LogP contribution in [0.4, 0.5) is 0 Å². The molecule has 1 atom stereocenters. The van der Waals surface area contributed by atoms with Crippen molar-refractivity contribution < 1.29 is 9.47 Å². The third-order valence-electron chi connectivity index (χ3n) is 6.33. The van der Waals surface area contributed by atoms with Crippen LogP contribution in [0.1, 0.15) is 48.7 Å². The van der Waals surface area contributed by atoms with Gasteiger partial charge in [-0.15, -0.1) is 6.58 Å². The topological polar surface area (TPSA) is 65.7 Å². The first-order chi connectivity index (χ1) is 18.7. The molecule has 0 aliphatic rings. The third-order valence-corrected chi connectivity index (χ3v) is 8.06. The summed E-state index contributed by atoms with van der Waals surface area (Å²) < 4.78 is 16.1. The van der Waals surface area contributed by atoms with Gasteiger partial charge in [-0.2, -0.15) is 9.78 Å². The fraction of sp³-hybridized carbons (Fsp3) is 0.233. The highest BCUT2D eigenvalue weighted by atomic mass is 79.9. The minimum absolute atomic E-state index is 0.0440. The Morgan fingerprint density at radius 2 is 1.82 bits per heavy atom. The molecule has 0 aliphatic carbocycles. The highest BCUT2D eigenvalue weighted by Gasteiger charge is 2.17. The van der Waals surface area contributed by atoms with E-state index in [0.29, 0.717) is 41.3 Å². The highest BCUT2D eigenvalue weighted by molar-refractivity contribution is 9.11. The molecule has 0 saturated heterocycles. The van der Waals surface area contributed by atoms with E-state index in [2.05, 4.69) is 66.4 Å². The minimum Gasteiger partial charge on any atom is -0.493 e. The van der Waals surface area contributed by atoms with E-state index in [1.165, 1.54) is 4.68 Å². The first kappa shape index (κ1) is 29.2. The van der Waals surface area contributed by atoms with Crippen LogP contribution in [0.3, 0.4) is 0 Å². The SMILES string of the molecule is C=CCc1cc(C=Nn2c([C@@H](C)CC)nc3ccc(Br)cc3c2=O)cc(OC)c1OCc1ccc(Br)cc1Br. The Hall–Kier alpha value is -2.75. The second-order valence-electron chi connectivity index (χ2n) is 9.03. The van der Waals surface area contributed by atoms with Gasteiger partial charge in [-0.1, -0.05) is 73.8 Å². The summed E-state index contributed by atoms with van der Waals surface area (Å²) in [5.74, 6) is 1.87. The van der Waals surface area contributed by atoms with E-state index in [-0.39, 0.29) is 11.5 Å². The monoisotopic (exact) mass is 715 g/mol. The first-order valence-corrected chi connectivity index (χ1v) is 14.8. The molecule has 0 spiro atoms. The minimum atomic E-state index is -0.217. The van der Waals surface area contributed by atoms with Crippen molar-refractivity contribution >= 4 is 64.9 Å². The van der Waals surface area contributed by atoms with Crippen LogP contribution in [-0.2, 0) is 13.0 Å². The number of ether oxygens (including phenoxy) is 2. The predicted octanol–water partition coefficient (Wildman–Crippen LogP) is 8.40. The summed E-state index contributed by atoms with van der Waals surface area (Å²) >= 11 is 10.5. The molecule has 4 aromatic rings. The third kappa shape index (κ3) is 6.70. The lowest BCUT2D eigenvalue weighted by Gasteiger charge is -2.17. The standard InChI is InChI=1S/C30H28Br3N3O3/c1-5-7-20-12-19(13-27(38-4)28(20)39-17-21-8-9-23(32)15-25(21)33)16-34-36-29(18(3)6-2)35-26-11-10-22(31)14-24(26)30(36)37/h5,8-16,18H,1,6-7,17H2,2-4H3/t18-/m0/s1. The molecule has 0 aliphatic heterocycles. The number of hydrogen-bond donors (Lipinski definition) is 0. The molecule has 1 heterocycles. The van der Waals surface area contributed by atoms with Gasteiger partial charge >= 0.3 is 0 Å². The van der Waals surface area contributed by atoms with Gasteiger partial charge in [0, 0.05) is 30.5 Å². The zero-order chi connectivity index (χ0) is 28.1. The van der Waals surface area contributed by atoms with Gasteiger partial charge in [-0.25, -0.2) is 4.98 Å². The van der Waals surface area contributed by atoms with Gasteiger partial charge in [0.15, 0.2) is 11.5 Å². The Bertz CT molecular complexity index is 1620. The summed E-state index contributed by atoms with van der Waals surface area (Å²) in [5.41, 5.74) is 3.10. The van der Waals surface area contributed by atoms with Gasteiger partial charge in [0.05, 0.1) is 24.2 Å². The van der Waals surface area contributed by atoms with E-state index in [1.54, 1.807) is 19.4 Å². The maximum atomic E-state index is 13.5. The van der Waals surface area contributed by atoms with Crippen molar-refractivity contribution in [3.05, 3.63) is 107 Å². The number of methoxy groups -OCH3 is 1. The molecule has 0 bridgehead atoms. The summed E-state index contributed by atoms with van der Waals surface area (Å²) in [5, 5.41) is 5.11. The number of rotatable bonds is 10. The summed E-state index contributed by atoms with van der Waals surface area (Å²) in [6, 6.07) is 15.3. The van der Waals surface area contributed by atoms with E-state index >= 15 is 0 Å². The molecule has 9 heteroatoms. The van der Waals surface area contributed by atoms with Gasteiger partial charge in [-0.3, -0.25) is 4.79 Å². The number of fused-ring (bicyclic) bond motifs is 1. The smallest absolute Gasteiger partial charge is 0.282 e. The van der Waals surface area contributed by atoms with Crippen molar-refractivity contribution in [3.63, 3.8) is 0 Å². The Balaban J connectivity index is 1.75. The molecule has 0 radical (unpaired) electrons. The average molecular weight is 718 g/mol. The number of nitrogens with zero attached hydrogens (tertiary/aromatic N) is 3.